The molecule has 0 bridgehead atoms. The first-order valence-electron chi connectivity index (χ1n) is 11.4. The standard InChI is InChI=1S/C28H29IO5/c1-17(2)32-23-15-24(33-18(3)4)26(29)27-25(23)22(30)16-28(34-27,19-9-7-6-8-10-19)20-11-13-21(31-5)14-12-20/h6-15,17-18H,16H2,1-5H3. The molecule has 4 rings (SSSR count). The summed E-state index contributed by atoms with van der Waals surface area (Å²) in [6.45, 7) is 7.81. The zero-order chi connectivity index (χ0) is 24.5. The van der Waals surface area contributed by atoms with Gasteiger partial charge in [0.05, 0.1) is 29.3 Å². The van der Waals surface area contributed by atoms with Gasteiger partial charge in [0.1, 0.15) is 22.8 Å². The molecule has 1 aliphatic heterocycles. The maximum atomic E-state index is 13.8. The Morgan fingerprint density at radius 1 is 0.882 bits per heavy atom. The molecule has 178 valence electrons. The lowest BCUT2D eigenvalue weighted by Gasteiger charge is -2.40. The number of halogens is 1. The lowest BCUT2D eigenvalue weighted by Crippen LogP contribution is -2.41. The third-order valence-electron chi connectivity index (χ3n) is 5.64. The predicted molar refractivity (Wildman–Crippen MR) is 140 cm³/mol. The number of ketones is 1. The molecule has 0 fully saturated rings. The molecule has 5 nitrogen and oxygen atoms in total. The summed E-state index contributed by atoms with van der Waals surface area (Å²) in [4.78, 5) is 13.8. The number of hydrogen-bond acceptors (Lipinski definition) is 5. The average molecular weight is 572 g/mol. The Morgan fingerprint density at radius 3 is 2.06 bits per heavy atom. The van der Waals surface area contributed by atoms with Gasteiger partial charge in [-0.05, 0) is 62.4 Å². The summed E-state index contributed by atoms with van der Waals surface area (Å²) in [7, 11) is 1.63. The molecule has 1 heterocycles. The lowest BCUT2D eigenvalue weighted by atomic mass is 9.78. The van der Waals surface area contributed by atoms with Gasteiger partial charge in [-0.15, -0.1) is 0 Å². The van der Waals surface area contributed by atoms with Crippen LogP contribution in [0.4, 0.5) is 0 Å². The van der Waals surface area contributed by atoms with Crippen LogP contribution in [0.15, 0.2) is 60.7 Å². The highest BCUT2D eigenvalue weighted by Crippen LogP contribution is 2.51. The minimum absolute atomic E-state index is 0.0365. The molecule has 6 heteroatoms. The molecule has 0 saturated carbocycles. The van der Waals surface area contributed by atoms with Crippen LogP contribution in [0.3, 0.4) is 0 Å². The number of carbonyl (C=O) groups is 1. The summed E-state index contributed by atoms with van der Waals surface area (Å²) in [6.07, 6.45) is -0.00452. The Bertz CT molecular complexity index is 1170. The van der Waals surface area contributed by atoms with Crippen molar-refractivity contribution in [2.24, 2.45) is 0 Å². The van der Waals surface area contributed by atoms with Gasteiger partial charge in [-0.25, -0.2) is 0 Å². The van der Waals surface area contributed by atoms with Crippen molar-refractivity contribution >= 4 is 28.4 Å². The van der Waals surface area contributed by atoms with Gasteiger partial charge < -0.3 is 18.9 Å². The van der Waals surface area contributed by atoms with Gasteiger partial charge in [-0.2, -0.15) is 0 Å². The third kappa shape index (κ3) is 4.60. The fourth-order valence-corrected chi connectivity index (χ4v) is 4.88. The number of rotatable bonds is 7. The Labute approximate surface area is 214 Å². The molecule has 0 radical (unpaired) electrons. The number of benzene rings is 3. The van der Waals surface area contributed by atoms with Crippen LogP contribution in [-0.4, -0.2) is 25.1 Å². The summed E-state index contributed by atoms with van der Waals surface area (Å²) >= 11 is 2.21. The average Bonchev–Trinajstić information content (AvgIpc) is 2.81. The van der Waals surface area contributed by atoms with Gasteiger partial charge in [0.25, 0.3) is 0 Å². The van der Waals surface area contributed by atoms with Crippen molar-refractivity contribution < 1.29 is 23.7 Å². The van der Waals surface area contributed by atoms with Crippen molar-refractivity contribution in [1.82, 2.24) is 0 Å². The minimum atomic E-state index is -0.997. The predicted octanol–water partition coefficient (Wildman–Crippen LogP) is 6.78. The van der Waals surface area contributed by atoms with Gasteiger partial charge in [-0.3, -0.25) is 4.79 Å². The molecule has 0 spiro atoms. The normalized spacial score (nSPS) is 17.4. The largest absolute Gasteiger partial charge is 0.497 e. The fraction of sp³-hybridized carbons (Fsp3) is 0.321. The van der Waals surface area contributed by atoms with Gasteiger partial charge in [0.15, 0.2) is 17.1 Å². The third-order valence-corrected chi connectivity index (χ3v) is 6.66. The maximum absolute atomic E-state index is 13.8. The Morgan fingerprint density at radius 2 is 1.47 bits per heavy atom. The van der Waals surface area contributed by atoms with Crippen molar-refractivity contribution in [3.05, 3.63) is 80.9 Å². The van der Waals surface area contributed by atoms with E-state index in [1.165, 1.54) is 0 Å². The van der Waals surface area contributed by atoms with Crippen molar-refractivity contribution in [1.29, 1.82) is 0 Å². The van der Waals surface area contributed by atoms with Crippen LogP contribution in [0.25, 0.3) is 0 Å². The van der Waals surface area contributed by atoms with E-state index in [1.807, 2.05) is 88.4 Å². The lowest BCUT2D eigenvalue weighted by molar-refractivity contribution is 0.0596. The number of carbonyl (C=O) groups excluding carboxylic acids is 1. The Balaban J connectivity index is 1.95. The van der Waals surface area contributed by atoms with Crippen molar-refractivity contribution in [3.63, 3.8) is 0 Å². The van der Waals surface area contributed by atoms with E-state index in [4.69, 9.17) is 18.9 Å². The molecule has 3 aromatic rings. The smallest absolute Gasteiger partial charge is 0.175 e. The SMILES string of the molecule is COc1ccc(C2(c3ccccc3)CC(=O)c3c(OC(C)C)cc(OC(C)C)c(I)c3O2)cc1. The number of Topliss-reactive ketones (excluding diaryl/α,β-unsaturated/α-hetero) is 1. The van der Waals surface area contributed by atoms with Crippen LogP contribution in [0.1, 0.15) is 55.6 Å². The van der Waals surface area contributed by atoms with E-state index in [1.54, 1.807) is 7.11 Å². The van der Waals surface area contributed by atoms with Crippen molar-refractivity contribution in [2.75, 3.05) is 7.11 Å². The van der Waals surface area contributed by atoms with Gasteiger partial charge in [0, 0.05) is 17.2 Å². The summed E-state index contributed by atoms with van der Waals surface area (Å²) in [5.74, 6) is 2.32. The molecule has 0 amide bonds. The second-order valence-electron chi connectivity index (χ2n) is 8.85. The van der Waals surface area contributed by atoms with Crippen LogP contribution >= 0.6 is 22.6 Å². The molecule has 1 atom stereocenters. The molecule has 3 aromatic carbocycles. The van der Waals surface area contributed by atoms with E-state index in [0.29, 0.717) is 22.8 Å². The highest BCUT2D eigenvalue weighted by molar-refractivity contribution is 14.1. The monoisotopic (exact) mass is 572 g/mol. The summed E-state index contributed by atoms with van der Waals surface area (Å²) in [5.41, 5.74) is 1.24. The molecule has 34 heavy (non-hydrogen) atoms. The molecular formula is C28H29IO5. The highest BCUT2D eigenvalue weighted by Gasteiger charge is 2.46. The van der Waals surface area contributed by atoms with Crippen LogP contribution < -0.4 is 18.9 Å². The van der Waals surface area contributed by atoms with E-state index in [9.17, 15) is 4.79 Å². The summed E-state index contributed by atoms with van der Waals surface area (Å²) in [5, 5.41) is 0. The Hall–Kier alpha value is -2.74. The molecule has 1 unspecified atom stereocenters. The van der Waals surface area contributed by atoms with E-state index in [2.05, 4.69) is 22.6 Å². The molecule has 0 saturated heterocycles. The van der Waals surface area contributed by atoms with E-state index in [-0.39, 0.29) is 24.4 Å². The quantitative estimate of drug-likeness (QED) is 0.292. The minimum Gasteiger partial charge on any atom is -0.497 e. The second-order valence-corrected chi connectivity index (χ2v) is 9.93. The first kappa shape index (κ1) is 24.4. The number of hydrogen-bond donors (Lipinski definition) is 0. The summed E-state index contributed by atoms with van der Waals surface area (Å²) < 4.78 is 25.1. The van der Waals surface area contributed by atoms with Crippen molar-refractivity contribution in [2.45, 2.75) is 51.9 Å². The number of ether oxygens (including phenoxy) is 4. The topological polar surface area (TPSA) is 54.0 Å². The maximum Gasteiger partial charge on any atom is 0.175 e. The molecule has 0 aliphatic carbocycles. The molecule has 0 N–H and O–H groups in total. The van der Waals surface area contributed by atoms with E-state index < -0.39 is 5.60 Å². The van der Waals surface area contributed by atoms with Crippen LogP contribution in [0.2, 0.25) is 0 Å². The number of methoxy groups -OCH3 is 1. The second kappa shape index (κ2) is 9.86. The number of fused-ring (bicyclic) bond motifs is 1. The van der Waals surface area contributed by atoms with Gasteiger partial charge in [0.2, 0.25) is 0 Å². The zero-order valence-electron chi connectivity index (χ0n) is 20.1. The van der Waals surface area contributed by atoms with Gasteiger partial charge in [-0.1, -0.05) is 42.5 Å². The van der Waals surface area contributed by atoms with Crippen LogP contribution in [0, 0.1) is 3.57 Å². The van der Waals surface area contributed by atoms with E-state index in [0.717, 1.165) is 20.4 Å². The van der Waals surface area contributed by atoms with Crippen LogP contribution in [-0.2, 0) is 5.60 Å². The van der Waals surface area contributed by atoms with E-state index >= 15 is 0 Å². The van der Waals surface area contributed by atoms with Crippen LogP contribution in [0.5, 0.6) is 23.0 Å². The first-order chi connectivity index (χ1) is 16.2. The first-order valence-corrected chi connectivity index (χ1v) is 12.4. The highest BCUT2D eigenvalue weighted by atomic mass is 127. The summed E-state index contributed by atoms with van der Waals surface area (Å²) in [6, 6.07) is 19.4. The molecular weight excluding hydrogens is 543 g/mol. The zero-order valence-corrected chi connectivity index (χ0v) is 22.2. The van der Waals surface area contributed by atoms with Crippen molar-refractivity contribution in [3.8, 4) is 23.0 Å². The molecule has 1 aliphatic rings. The van der Waals surface area contributed by atoms with Gasteiger partial charge >= 0.3 is 0 Å². The Kier molecular flexibility index (Phi) is 7.07. The fourth-order valence-electron chi connectivity index (χ4n) is 4.22. The molecule has 0 aromatic heterocycles.